The van der Waals surface area contributed by atoms with Gasteiger partial charge in [0, 0.05) is 5.56 Å². The normalized spacial score (nSPS) is 24.2. The van der Waals surface area contributed by atoms with E-state index in [1.165, 1.54) is 6.07 Å². The van der Waals surface area contributed by atoms with Crippen LogP contribution in [0.2, 0.25) is 0 Å². The number of hydrogen-bond acceptors (Lipinski definition) is 2. The fourth-order valence-electron chi connectivity index (χ4n) is 2.70. The average Bonchev–Trinajstić information content (AvgIpc) is 2.89. The third-order valence-electron chi connectivity index (χ3n) is 4.00. The predicted octanol–water partition coefficient (Wildman–Crippen LogP) is 2.54. The lowest BCUT2D eigenvalue weighted by molar-refractivity contribution is -0.128. The van der Waals surface area contributed by atoms with Gasteiger partial charge in [0.15, 0.2) is 0 Å². The van der Waals surface area contributed by atoms with Gasteiger partial charge in [-0.05, 0) is 38.8 Å². The Labute approximate surface area is 113 Å². The molecule has 1 amide bonds. The molecule has 1 heterocycles. The zero-order valence-electron chi connectivity index (χ0n) is 11.5. The van der Waals surface area contributed by atoms with Crippen LogP contribution in [0.1, 0.15) is 44.7 Å². The highest BCUT2D eigenvalue weighted by Crippen LogP contribution is 2.25. The summed E-state index contributed by atoms with van der Waals surface area (Å²) in [5.74, 6) is -0.302. The van der Waals surface area contributed by atoms with Crippen LogP contribution in [-0.4, -0.2) is 18.0 Å². The summed E-state index contributed by atoms with van der Waals surface area (Å²) in [5, 5.41) is 6.21. The van der Waals surface area contributed by atoms with Gasteiger partial charge in [-0.15, -0.1) is 0 Å². The van der Waals surface area contributed by atoms with Crippen molar-refractivity contribution in [3.63, 3.8) is 0 Å². The molecule has 0 saturated carbocycles. The standard InChI is InChI=1S/C15H21FN2O/c1-3-15(9-6-10-17-15)14(19)18-11(2)12-7-4-5-8-13(12)16/h4-5,7-8,11,17H,3,6,9-10H2,1-2H3,(H,18,19)/t11-,15?/m1/s1. The van der Waals surface area contributed by atoms with Gasteiger partial charge in [-0.3, -0.25) is 4.79 Å². The molecule has 1 aromatic carbocycles. The van der Waals surface area contributed by atoms with Gasteiger partial charge < -0.3 is 10.6 Å². The minimum atomic E-state index is -0.473. The van der Waals surface area contributed by atoms with Crippen LogP contribution in [0.25, 0.3) is 0 Å². The molecule has 1 fully saturated rings. The minimum absolute atomic E-state index is 0.0248. The summed E-state index contributed by atoms with van der Waals surface area (Å²) < 4.78 is 13.7. The van der Waals surface area contributed by atoms with Crippen LogP contribution in [0.5, 0.6) is 0 Å². The van der Waals surface area contributed by atoms with Gasteiger partial charge >= 0.3 is 0 Å². The first-order valence-electron chi connectivity index (χ1n) is 6.89. The largest absolute Gasteiger partial charge is 0.348 e. The molecule has 0 aliphatic carbocycles. The van der Waals surface area contributed by atoms with Crippen molar-refractivity contribution < 1.29 is 9.18 Å². The summed E-state index contributed by atoms with van der Waals surface area (Å²) in [6.45, 7) is 4.69. The van der Waals surface area contributed by atoms with Gasteiger partial charge in [-0.2, -0.15) is 0 Å². The molecule has 0 bridgehead atoms. The quantitative estimate of drug-likeness (QED) is 0.877. The molecular formula is C15H21FN2O. The predicted molar refractivity (Wildman–Crippen MR) is 73.2 cm³/mol. The van der Waals surface area contributed by atoms with Crippen molar-refractivity contribution in [2.45, 2.75) is 44.7 Å². The summed E-state index contributed by atoms with van der Waals surface area (Å²) in [7, 11) is 0. The van der Waals surface area contributed by atoms with Crippen LogP contribution in [0.15, 0.2) is 24.3 Å². The van der Waals surface area contributed by atoms with Crippen molar-refractivity contribution in [3.8, 4) is 0 Å². The molecule has 2 atom stereocenters. The molecule has 0 radical (unpaired) electrons. The molecule has 3 nitrogen and oxygen atoms in total. The summed E-state index contributed by atoms with van der Waals surface area (Å²) in [4.78, 5) is 12.4. The smallest absolute Gasteiger partial charge is 0.240 e. The van der Waals surface area contributed by atoms with E-state index < -0.39 is 5.54 Å². The number of amides is 1. The van der Waals surface area contributed by atoms with Crippen LogP contribution in [0, 0.1) is 5.82 Å². The van der Waals surface area contributed by atoms with Gasteiger partial charge in [0.25, 0.3) is 0 Å². The third-order valence-corrected chi connectivity index (χ3v) is 4.00. The fourth-order valence-corrected chi connectivity index (χ4v) is 2.70. The van der Waals surface area contributed by atoms with Crippen molar-refractivity contribution >= 4 is 5.91 Å². The zero-order valence-corrected chi connectivity index (χ0v) is 11.5. The van der Waals surface area contributed by atoms with Crippen molar-refractivity contribution in [2.24, 2.45) is 0 Å². The van der Waals surface area contributed by atoms with Crippen LogP contribution in [0.3, 0.4) is 0 Å². The topological polar surface area (TPSA) is 41.1 Å². The average molecular weight is 264 g/mol. The van der Waals surface area contributed by atoms with Crippen LogP contribution in [-0.2, 0) is 4.79 Å². The van der Waals surface area contributed by atoms with E-state index in [9.17, 15) is 9.18 Å². The summed E-state index contributed by atoms with van der Waals surface area (Å²) in [6.07, 6.45) is 2.61. The van der Waals surface area contributed by atoms with E-state index in [0.29, 0.717) is 5.56 Å². The lowest BCUT2D eigenvalue weighted by Gasteiger charge is -2.28. The molecule has 1 saturated heterocycles. The van der Waals surface area contributed by atoms with Crippen molar-refractivity contribution in [1.82, 2.24) is 10.6 Å². The third kappa shape index (κ3) is 2.78. The fraction of sp³-hybridized carbons (Fsp3) is 0.533. The molecule has 0 aromatic heterocycles. The van der Waals surface area contributed by atoms with Gasteiger partial charge in [0.05, 0.1) is 11.6 Å². The summed E-state index contributed by atoms with van der Waals surface area (Å²) in [6, 6.07) is 6.24. The Bertz CT molecular complexity index is 455. The molecule has 104 valence electrons. The van der Waals surface area contributed by atoms with E-state index in [4.69, 9.17) is 0 Å². The first kappa shape index (κ1) is 14.0. The Hall–Kier alpha value is -1.42. The van der Waals surface area contributed by atoms with E-state index in [0.717, 1.165) is 25.8 Å². The number of carbonyl (C=O) groups excluding carboxylic acids is 1. The Kier molecular flexibility index (Phi) is 4.20. The van der Waals surface area contributed by atoms with E-state index in [2.05, 4.69) is 10.6 Å². The van der Waals surface area contributed by atoms with Crippen molar-refractivity contribution in [1.29, 1.82) is 0 Å². The second kappa shape index (κ2) is 5.70. The first-order valence-corrected chi connectivity index (χ1v) is 6.89. The Morgan fingerprint density at radius 1 is 1.53 bits per heavy atom. The van der Waals surface area contributed by atoms with Gasteiger partial charge in [-0.1, -0.05) is 25.1 Å². The van der Waals surface area contributed by atoms with E-state index in [1.54, 1.807) is 18.2 Å². The highest BCUT2D eigenvalue weighted by atomic mass is 19.1. The lowest BCUT2D eigenvalue weighted by atomic mass is 9.92. The molecule has 2 rings (SSSR count). The Morgan fingerprint density at radius 3 is 2.84 bits per heavy atom. The number of nitrogens with one attached hydrogen (secondary N) is 2. The van der Waals surface area contributed by atoms with E-state index in [1.807, 2.05) is 13.8 Å². The second-order valence-electron chi connectivity index (χ2n) is 5.18. The summed E-state index contributed by atoms with van der Waals surface area (Å²) >= 11 is 0. The summed E-state index contributed by atoms with van der Waals surface area (Å²) in [5.41, 5.74) is 0.0552. The number of hydrogen-bond donors (Lipinski definition) is 2. The lowest BCUT2D eigenvalue weighted by Crippen LogP contribution is -2.53. The highest BCUT2D eigenvalue weighted by Gasteiger charge is 2.39. The number of carbonyl (C=O) groups is 1. The van der Waals surface area contributed by atoms with Crippen molar-refractivity contribution in [3.05, 3.63) is 35.6 Å². The Balaban J connectivity index is 2.08. The van der Waals surface area contributed by atoms with Crippen LogP contribution >= 0.6 is 0 Å². The van der Waals surface area contributed by atoms with Crippen LogP contribution < -0.4 is 10.6 Å². The van der Waals surface area contributed by atoms with Gasteiger partial charge in [-0.25, -0.2) is 4.39 Å². The van der Waals surface area contributed by atoms with Crippen molar-refractivity contribution in [2.75, 3.05) is 6.54 Å². The van der Waals surface area contributed by atoms with E-state index >= 15 is 0 Å². The second-order valence-corrected chi connectivity index (χ2v) is 5.18. The SMILES string of the molecule is CCC1(C(=O)N[C@H](C)c2ccccc2F)CCCN1. The zero-order chi connectivity index (χ0) is 13.9. The molecule has 1 unspecified atom stereocenters. The van der Waals surface area contributed by atoms with Gasteiger partial charge in [0.1, 0.15) is 5.82 Å². The molecule has 2 N–H and O–H groups in total. The molecule has 0 spiro atoms. The maximum atomic E-state index is 13.7. The number of rotatable bonds is 4. The highest BCUT2D eigenvalue weighted by molar-refractivity contribution is 5.87. The molecule has 1 aromatic rings. The molecule has 1 aliphatic rings. The number of halogens is 1. The number of benzene rings is 1. The molecule has 1 aliphatic heterocycles. The van der Waals surface area contributed by atoms with Crippen LogP contribution in [0.4, 0.5) is 4.39 Å². The minimum Gasteiger partial charge on any atom is -0.348 e. The first-order chi connectivity index (χ1) is 9.09. The maximum absolute atomic E-state index is 13.7. The maximum Gasteiger partial charge on any atom is 0.240 e. The molecule has 4 heteroatoms. The molecule has 19 heavy (non-hydrogen) atoms. The Morgan fingerprint density at radius 2 is 2.26 bits per heavy atom. The van der Waals surface area contributed by atoms with Gasteiger partial charge in [0.2, 0.25) is 5.91 Å². The van der Waals surface area contributed by atoms with E-state index in [-0.39, 0.29) is 17.8 Å². The monoisotopic (exact) mass is 264 g/mol. The molecular weight excluding hydrogens is 243 g/mol.